The fourth-order valence-corrected chi connectivity index (χ4v) is 2.93. The van der Waals surface area contributed by atoms with Crippen LogP contribution in [0.2, 0.25) is 0 Å². The monoisotopic (exact) mass is 326 g/mol. The van der Waals surface area contributed by atoms with Crippen molar-refractivity contribution in [2.75, 3.05) is 11.9 Å². The van der Waals surface area contributed by atoms with E-state index < -0.39 is 10.0 Å². The van der Waals surface area contributed by atoms with Crippen LogP contribution in [0.4, 0.5) is 5.69 Å². The highest BCUT2D eigenvalue weighted by molar-refractivity contribution is 7.89. The molecule has 1 heterocycles. The number of rotatable bonds is 6. The van der Waals surface area contributed by atoms with Crippen molar-refractivity contribution in [1.29, 1.82) is 0 Å². The Kier molecular flexibility index (Phi) is 5.07. The third kappa shape index (κ3) is 4.94. The second-order valence-corrected chi connectivity index (χ2v) is 6.99. The summed E-state index contributed by atoms with van der Waals surface area (Å²) in [6.45, 7) is 1.06. The smallest absolute Gasteiger partial charge is 0.279 e. The Morgan fingerprint density at radius 2 is 1.95 bits per heavy atom. The lowest BCUT2D eigenvalue weighted by Crippen LogP contribution is -2.84. The number of hydrogen-bond donors (Lipinski definition) is 3. The molecule has 0 spiro atoms. The maximum absolute atomic E-state index is 11.7. The summed E-state index contributed by atoms with van der Waals surface area (Å²) in [6.07, 6.45) is 0. The van der Waals surface area contributed by atoms with Gasteiger partial charge >= 0.3 is 0 Å². The van der Waals surface area contributed by atoms with Gasteiger partial charge in [-0.3, -0.25) is 4.79 Å². The zero-order valence-electron chi connectivity index (χ0n) is 11.2. The fraction of sp³-hybridized carbons (Fsp3) is 0.154. The molecule has 0 saturated carbocycles. The molecule has 0 fully saturated rings. The predicted octanol–water partition coefficient (Wildman–Crippen LogP) is 0.0976. The molecular formula is C13H16N3O3S2+. The van der Waals surface area contributed by atoms with Crippen molar-refractivity contribution in [2.45, 2.75) is 11.4 Å². The summed E-state index contributed by atoms with van der Waals surface area (Å²) in [5, 5.41) is 11.6. The number of amides is 1. The first-order valence-electron chi connectivity index (χ1n) is 6.22. The molecule has 2 aromatic rings. The van der Waals surface area contributed by atoms with Gasteiger partial charge in [0.2, 0.25) is 10.0 Å². The molecule has 0 atom stereocenters. The minimum atomic E-state index is -3.71. The average molecular weight is 326 g/mol. The standard InChI is InChI=1S/C13H15N3O3S2/c14-21(18,19)12-5-3-10(4-6-12)16-13(17)9-15-8-11-2-1-7-20-11/h1-7,15H,8-9H2,(H,16,17)(H2,14,18,19)/p+1. The number of nitrogens with one attached hydrogen (secondary N) is 1. The molecule has 8 heteroatoms. The largest absolute Gasteiger partial charge is 0.334 e. The molecule has 0 aliphatic carbocycles. The van der Waals surface area contributed by atoms with Gasteiger partial charge in [-0.1, -0.05) is 6.07 Å². The summed E-state index contributed by atoms with van der Waals surface area (Å²) in [4.78, 5) is 13.0. The van der Waals surface area contributed by atoms with Crippen LogP contribution in [0.1, 0.15) is 4.88 Å². The summed E-state index contributed by atoms with van der Waals surface area (Å²) in [5.41, 5.74) is 0.539. The highest BCUT2D eigenvalue weighted by atomic mass is 32.2. The summed E-state index contributed by atoms with van der Waals surface area (Å²) in [6, 6.07) is 9.74. The van der Waals surface area contributed by atoms with E-state index in [0.29, 0.717) is 12.2 Å². The van der Waals surface area contributed by atoms with Crippen LogP contribution in [0.15, 0.2) is 46.7 Å². The Morgan fingerprint density at radius 1 is 1.24 bits per heavy atom. The number of hydrogen-bond acceptors (Lipinski definition) is 4. The van der Waals surface area contributed by atoms with Crippen molar-refractivity contribution >= 4 is 33.0 Å². The van der Waals surface area contributed by atoms with Gasteiger partial charge in [-0.15, -0.1) is 11.3 Å². The molecule has 1 amide bonds. The molecule has 5 N–H and O–H groups in total. The van der Waals surface area contributed by atoms with Crippen LogP contribution in [-0.2, 0) is 21.4 Å². The van der Waals surface area contributed by atoms with E-state index in [1.165, 1.54) is 29.1 Å². The van der Waals surface area contributed by atoms with Crippen LogP contribution in [0, 0.1) is 0 Å². The Balaban J connectivity index is 1.82. The molecule has 0 unspecified atom stereocenters. The summed E-state index contributed by atoms with van der Waals surface area (Å²) < 4.78 is 22.2. The van der Waals surface area contributed by atoms with Crippen LogP contribution in [-0.4, -0.2) is 20.9 Å². The first-order valence-corrected chi connectivity index (χ1v) is 8.64. The van der Waals surface area contributed by atoms with Crippen molar-refractivity contribution < 1.29 is 18.5 Å². The van der Waals surface area contributed by atoms with Gasteiger partial charge in [0.05, 0.1) is 9.77 Å². The van der Waals surface area contributed by atoms with E-state index in [4.69, 9.17) is 5.14 Å². The van der Waals surface area contributed by atoms with Crippen LogP contribution in [0.25, 0.3) is 0 Å². The maximum Gasteiger partial charge on any atom is 0.279 e. The normalized spacial score (nSPS) is 11.3. The van der Waals surface area contributed by atoms with E-state index in [9.17, 15) is 13.2 Å². The summed E-state index contributed by atoms with van der Waals surface area (Å²) >= 11 is 1.65. The zero-order chi connectivity index (χ0) is 15.3. The highest BCUT2D eigenvalue weighted by Gasteiger charge is 2.09. The summed E-state index contributed by atoms with van der Waals surface area (Å²) in [5.74, 6) is -0.144. The Bertz CT molecular complexity index is 695. The second kappa shape index (κ2) is 6.81. The topological polar surface area (TPSA) is 106 Å². The second-order valence-electron chi connectivity index (χ2n) is 4.39. The number of thiophene rings is 1. The van der Waals surface area contributed by atoms with Crippen molar-refractivity contribution in [2.24, 2.45) is 5.14 Å². The first-order chi connectivity index (χ1) is 9.95. The van der Waals surface area contributed by atoms with Gasteiger partial charge in [0, 0.05) is 5.69 Å². The number of quaternary nitrogens is 1. The van der Waals surface area contributed by atoms with Gasteiger partial charge < -0.3 is 10.6 Å². The lowest BCUT2D eigenvalue weighted by atomic mass is 10.3. The van der Waals surface area contributed by atoms with Crippen LogP contribution in [0.5, 0.6) is 0 Å². The molecule has 0 radical (unpaired) electrons. The molecule has 6 nitrogen and oxygen atoms in total. The number of anilines is 1. The molecular weight excluding hydrogens is 310 g/mol. The van der Waals surface area contributed by atoms with Crippen LogP contribution >= 0.6 is 11.3 Å². The fourth-order valence-electron chi connectivity index (χ4n) is 1.71. The van der Waals surface area contributed by atoms with Gasteiger partial charge in [0.15, 0.2) is 6.54 Å². The third-order valence-electron chi connectivity index (χ3n) is 2.72. The molecule has 0 aliphatic rings. The van der Waals surface area contributed by atoms with Crippen molar-refractivity contribution in [3.05, 3.63) is 46.7 Å². The molecule has 0 saturated heterocycles. The van der Waals surface area contributed by atoms with E-state index in [0.717, 1.165) is 6.54 Å². The number of benzene rings is 1. The van der Waals surface area contributed by atoms with E-state index in [2.05, 4.69) is 5.32 Å². The van der Waals surface area contributed by atoms with Gasteiger partial charge in [-0.05, 0) is 35.7 Å². The maximum atomic E-state index is 11.7. The van der Waals surface area contributed by atoms with E-state index in [1.807, 2.05) is 22.8 Å². The van der Waals surface area contributed by atoms with E-state index >= 15 is 0 Å². The minimum absolute atomic E-state index is 0.0183. The Hall–Kier alpha value is -1.74. The molecule has 1 aromatic carbocycles. The van der Waals surface area contributed by atoms with Gasteiger partial charge in [-0.2, -0.15) is 0 Å². The SMILES string of the molecule is NS(=O)(=O)c1ccc(NC(=O)C[NH2+]Cc2cccs2)cc1. The van der Waals surface area contributed by atoms with Crippen LogP contribution in [0.3, 0.4) is 0 Å². The number of nitrogens with two attached hydrogens (primary N) is 2. The van der Waals surface area contributed by atoms with Gasteiger partial charge in [0.1, 0.15) is 6.54 Å². The first kappa shape index (κ1) is 15.6. The van der Waals surface area contributed by atoms with Crippen molar-refractivity contribution in [1.82, 2.24) is 0 Å². The predicted molar refractivity (Wildman–Crippen MR) is 81.3 cm³/mol. The van der Waals surface area contributed by atoms with Crippen LogP contribution < -0.4 is 15.8 Å². The van der Waals surface area contributed by atoms with E-state index in [-0.39, 0.29) is 10.8 Å². The molecule has 0 aliphatic heterocycles. The molecule has 2 rings (SSSR count). The zero-order valence-corrected chi connectivity index (χ0v) is 12.8. The number of carbonyl (C=O) groups is 1. The van der Waals surface area contributed by atoms with Gasteiger partial charge in [0.25, 0.3) is 5.91 Å². The quantitative estimate of drug-likeness (QED) is 0.701. The van der Waals surface area contributed by atoms with Gasteiger partial charge in [-0.25, -0.2) is 13.6 Å². The van der Waals surface area contributed by atoms with Crippen molar-refractivity contribution in [3.8, 4) is 0 Å². The third-order valence-corrected chi connectivity index (χ3v) is 4.55. The molecule has 112 valence electrons. The Labute approximate surface area is 127 Å². The number of primary sulfonamides is 1. The lowest BCUT2D eigenvalue weighted by molar-refractivity contribution is -0.659. The molecule has 0 bridgehead atoms. The lowest BCUT2D eigenvalue weighted by Gasteiger charge is -2.05. The number of sulfonamides is 1. The number of carbonyl (C=O) groups excluding carboxylic acids is 1. The average Bonchev–Trinajstić information content (AvgIpc) is 2.91. The minimum Gasteiger partial charge on any atom is -0.334 e. The Morgan fingerprint density at radius 3 is 2.52 bits per heavy atom. The van der Waals surface area contributed by atoms with Crippen molar-refractivity contribution in [3.63, 3.8) is 0 Å². The molecule has 1 aromatic heterocycles. The molecule has 21 heavy (non-hydrogen) atoms. The highest BCUT2D eigenvalue weighted by Crippen LogP contribution is 2.12. The van der Waals surface area contributed by atoms with E-state index in [1.54, 1.807) is 11.3 Å². The summed E-state index contributed by atoms with van der Waals surface area (Å²) in [7, 11) is -3.71.